The van der Waals surface area contributed by atoms with Crippen LogP contribution < -0.4 is 10.6 Å². The number of halogens is 1. The molecule has 0 aliphatic heterocycles. The van der Waals surface area contributed by atoms with Crippen LogP contribution in [0.5, 0.6) is 0 Å². The highest BCUT2D eigenvalue weighted by molar-refractivity contribution is 5.85. The molecule has 0 saturated carbocycles. The lowest BCUT2D eigenvalue weighted by Crippen LogP contribution is -2.34. The smallest absolute Gasteiger partial charge is 0.224 e. The molecule has 5 nitrogen and oxygen atoms in total. The third-order valence-electron chi connectivity index (χ3n) is 3.15. The first-order valence-corrected chi connectivity index (χ1v) is 6.72. The average molecular weight is 309 g/mol. The van der Waals surface area contributed by atoms with E-state index in [1.807, 2.05) is 50.5 Å². The Hall–Kier alpha value is -1.85. The Morgan fingerprint density at radius 1 is 1.33 bits per heavy atom. The van der Waals surface area contributed by atoms with Gasteiger partial charge in [0.2, 0.25) is 5.91 Å². The first kappa shape index (κ1) is 17.2. The van der Waals surface area contributed by atoms with Gasteiger partial charge in [0.05, 0.1) is 5.69 Å². The molecule has 2 aromatic rings. The van der Waals surface area contributed by atoms with Crippen molar-refractivity contribution in [1.82, 2.24) is 20.4 Å². The summed E-state index contributed by atoms with van der Waals surface area (Å²) in [5.74, 6) is 0.00600. The summed E-state index contributed by atoms with van der Waals surface area (Å²) in [5.41, 5.74) is 2.03. The van der Waals surface area contributed by atoms with Crippen molar-refractivity contribution in [2.75, 3.05) is 13.6 Å². The van der Waals surface area contributed by atoms with Gasteiger partial charge in [0.1, 0.15) is 0 Å². The van der Waals surface area contributed by atoms with Crippen LogP contribution in [0.25, 0.3) is 5.69 Å². The molecular formula is C15H21ClN4O. The maximum atomic E-state index is 11.9. The van der Waals surface area contributed by atoms with Crippen LogP contribution in [0.2, 0.25) is 0 Å². The van der Waals surface area contributed by atoms with E-state index in [9.17, 15) is 4.79 Å². The molecule has 1 heterocycles. The van der Waals surface area contributed by atoms with Gasteiger partial charge >= 0.3 is 0 Å². The van der Waals surface area contributed by atoms with Crippen LogP contribution >= 0.6 is 12.4 Å². The number of benzene rings is 1. The molecule has 2 N–H and O–H groups in total. The molecule has 0 saturated heterocycles. The van der Waals surface area contributed by atoms with Gasteiger partial charge in [-0.25, -0.2) is 4.68 Å². The summed E-state index contributed by atoms with van der Waals surface area (Å²) in [7, 11) is 1.84. The van der Waals surface area contributed by atoms with Crippen molar-refractivity contribution in [2.45, 2.75) is 13.5 Å². The first-order valence-electron chi connectivity index (χ1n) is 6.72. The summed E-state index contributed by atoms with van der Waals surface area (Å²) >= 11 is 0. The molecule has 0 spiro atoms. The maximum Gasteiger partial charge on any atom is 0.224 e. The van der Waals surface area contributed by atoms with E-state index in [2.05, 4.69) is 15.7 Å². The average Bonchev–Trinajstić information content (AvgIpc) is 2.99. The molecule has 1 aromatic heterocycles. The molecule has 6 heteroatoms. The monoisotopic (exact) mass is 308 g/mol. The van der Waals surface area contributed by atoms with E-state index in [-0.39, 0.29) is 24.2 Å². The number of nitrogens with one attached hydrogen (secondary N) is 2. The number of aromatic nitrogens is 2. The number of hydrogen-bond acceptors (Lipinski definition) is 3. The zero-order valence-corrected chi connectivity index (χ0v) is 13.1. The minimum atomic E-state index is -0.0446. The van der Waals surface area contributed by atoms with Gasteiger partial charge in [-0.05, 0) is 24.7 Å². The number of amides is 1. The lowest BCUT2D eigenvalue weighted by molar-refractivity contribution is -0.124. The maximum absolute atomic E-state index is 11.9. The van der Waals surface area contributed by atoms with Crippen LogP contribution in [-0.4, -0.2) is 29.3 Å². The van der Waals surface area contributed by atoms with E-state index in [1.165, 1.54) is 0 Å². The molecule has 0 aliphatic rings. The summed E-state index contributed by atoms with van der Waals surface area (Å²) in [4.78, 5) is 11.9. The minimum Gasteiger partial charge on any atom is -0.352 e. The fourth-order valence-electron chi connectivity index (χ4n) is 2.05. The normalized spacial score (nSPS) is 11.5. The Labute approximate surface area is 131 Å². The number of para-hydroxylation sites is 1. The molecule has 1 aromatic carbocycles. The molecule has 1 unspecified atom stereocenters. The number of carbonyl (C=O) groups excluding carboxylic acids is 1. The van der Waals surface area contributed by atoms with Crippen molar-refractivity contribution in [3.8, 4) is 5.69 Å². The molecule has 0 bridgehead atoms. The third-order valence-corrected chi connectivity index (χ3v) is 3.15. The van der Waals surface area contributed by atoms with Crippen LogP contribution in [0, 0.1) is 5.92 Å². The van der Waals surface area contributed by atoms with Gasteiger partial charge < -0.3 is 10.6 Å². The summed E-state index contributed by atoms with van der Waals surface area (Å²) in [6.45, 7) is 3.08. The van der Waals surface area contributed by atoms with Crippen LogP contribution in [0.1, 0.15) is 12.5 Å². The zero-order chi connectivity index (χ0) is 14.4. The van der Waals surface area contributed by atoms with Crippen LogP contribution in [-0.2, 0) is 11.3 Å². The van der Waals surface area contributed by atoms with E-state index in [0.29, 0.717) is 13.1 Å². The van der Waals surface area contributed by atoms with E-state index in [4.69, 9.17) is 0 Å². The van der Waals surface area contributed by atoms with Gasteiger partial charge in [-0.2, -0.15) is 5.10 Å². The zero-order valence-electron chi connectivity index (χ0n) is 12.2. The molecule has 0 fully saturated rings. The Bertz CT molecular complexity index is 557. The SMILES string of the molecule is CNCC(C)C(=O)NCc1ccccc1-n1cccn1.Cl. The van der Waals surface area contributed by atoms with Crippen LogP contribution in [0.4, 0.5) is 0 Å². The van der Waals surface area contributed by atoms with Crippen LogP contribution in [0.15, 0.2) is 42.7 Å². The molecule has 0 radical (unpaired) electrons. The van der Waals surface area contributed by atoms with Crippen molar-refractivity contribution in [3.63, 3.8) is 0 Å². The van der Waals surface area contributed by atoms with Gasteiger partial charge in [-0.3, -0.25) is 4.79 Å². The second kappa shape index (κ2) is 8.44. The van der Waals surface area contributed by atoms with Gasteiger partial charge in [0, 0.05) is 31.4 Å². The second-order valence-electron chi connectivity index (χ2n) is 4.76. The fourth-order valence-corrected chi connectivity index (χ4v) is 2.05. The van der Waals surface area contributed by atoms with Crippen molar-refractivity contribution in [1.29, 1.82) is 0 Å². The van der Waals surface area contributed by atoms with Crippen molar-refractivity contribution in [2.24, 2.45) is 5.92 Å². The number of carbonyl (C=O) groups is 1. The summed E-state index contributed by atoms with van der Waals surface area (Å²) in [5, 5.41) is 10.2. The Kier molecular flexibility index (Phi) is 6.91. The summed E-state index contributed by atoms with van der Waals surface area (Å²) < 4.78 is 1.80. The van der Waals surface area contributed by atoms with Gasteiger partial charge in [0.25, 0.3) is 0 Å². The Morgan fingerprint density at radius 3 is 2.76 bits per heavy atom. The standard InChI is InChI=1S/C15H20N4O.ClH/c1-12(10-16-2)15(20)17-11-13-6-3-4-7-14(13)19-9-5-8-18-19;/h3-9,12,16H,10-11H2,1-2H3,(H,17,20);1H. The molecular weight excluding hydrogens is 288 g/mol. The minimum absolute atomic E-state index is 0. The van der Waals surface area contributed by atoms with E-state index in [1.54, 1.807) is 10.9 Å². The highest BCUT2D eigenvalue weighted by atomic mass is 35.5. The molecule has 1 atom stereocenters. The molecule has 1 amide bonds. The fraction of sp³-hybridized carbons (Fsp3) is 0.333. The topological polar surface area (TPSA) is 59.0 Å². The van der Waals surface area contributed by atoms with Gasteiger partial charge in [-0.1, -0.05) is 25.1 Å². The lowest BCUT2D eigenvalue weighted by atomic mass is 10.1. The highest BCUT2D eigenvalue weighted by Gasteiger charge is 2.12. The third kappa shape index (κ3) is 4.58. The molecule has 21 heavy (non-hydrogen) atoms. The van der Waals surface area contributed by atoms with Crippen molar-refractivity contribution >= 4 is 18.3 Å². The van der Waals surface area contributed by atoms with E-state index >= 15 is 0 Å². The highest BCUT2D eigenvalue weighted by Crippen LogP contribution is 2.13. The van der Waals surface area contributed by atoms with Crippen LogP contribution in [0.3, 0.4) is 0 Å². The number of nitrogens with zero attached hydrogens (tertiary/aromatic N) is 2. The second-order valence-corrected chi connectivity index (χ2v) is 4.76. The summed E-state index contributed by atoms with van der Waals surface area (Å²) in [6.07, 6.45) is 3.63. The van der Waals surface area contributed by atoms with Gasteiger partial charge in [-0.15, -0.1) is 12.4 Å². The largest absolute Gasteiger partial charge is 0.352 e. The van der Waals surface area contributed by atoms with Crippen molar-refractivity contribution < 1.29 is 4.79 Å². The summed E-state index contributed by atoms with van der Waals surface area (Å²) in [6, 6.07) is 9.80. The van der Waals surface area contributed by atoms with Crippen molar-refractivity contribution in [3.05, 3.63) is 48.3 Å². The quantitative estimate of drug-likeness (QED) is 0.855. The van der Waals surface area contributed by atoms with Gasteiger partial charge in [0.15, 0.2) is 0 Å². The number of hydrogen-bond donors (Lipinski definition) is 2. The van der Waals surface area contributed by atoms with E-state index < -0.39 is 0 Å². The predicted molar refractivity (Wildman–Crippen MR) is 85.7 cm³/mol. The first-order chi connectivity index (χ1) is 9.72. The lowest BCUT2D eigenvalue weighted by Gasteiger charge is -2.13. The Balaban J connectivity index is 0.00000220. The molecule has 2 rings (SSSR count). The Morgan fingerprint density at radius 2 is 2.10 bits per heavy atom. The molecule has 114 valence electrons. The van der Waals surface area contributed by atoms with E-state index in [0.717, 1.165) is 11.3 Å². The predicted octanol–water partition coefficient (Wildman–Crippen LogP) is 1.77. The number of rotatable bonds is 6. The molecule has 0 aliphatic carbocycles.